The van der Waals surface area contributed by atoms with Crippen molar-refractivity contribution in [2.24, 2.45) is 0 Å². The number of thiophene rings is 2. The van der Waals surface area contributed by atoms with E-state index < -0.39 is 0 Å². The van der Waals surface area contributed by atoms with Crippen LogP contribution in [0.4, 0.5) is 0 Å². The molecule has 220 valence electrons. The fourth-order valence-corrected chi connectivity index (χ4v) is 5.00. The topological polar surface area (TPSA) is 89.5 Å². The van der Waals surface area contributed by atoms with E-state index in [1.165, 1.54) is 34.8 Å². The molecule has 2 aromatic carbocycles. The molecule has 4 rings (SSSR count). The fourth-order valence-electron chi connectivity index (χ4n) is 3.71. The lowest BCUT2D eigenvalue weighted by Crippen LogP contribution is -1.96. The van der Waals surface area contributed by atoms with E-state index in [0.29, 0.717) is 55.4 Å². The van der Waals surface area contributed by atoms with Crippen LogP contribution in [0.25, 0.3) is 12.2 Å². The monoisotopic (exact) mass is 608 g/mol. The number of hydrogen-bond donors (Lipinski definition) is 0. The first-order valence-corrected chi connectivity index (χ1v) is 14.3. The highest BCUT2D eigenvalue weighted by Gasteiger charge is 2.13. The van der Waals surface area contributed by atoms with Gasteiger partial charge in [0.15, 0.2) is 11.6 Å². The van der Waals surface area contributed by atoms with Crippen molar-refractivity contribution in [2.45, 2.75) is 0 Å². The zero-order chi connectivity index (χ0) is 30.5. The number of methoxy groups -OCH3 is 6. The van der Waals surface area contributed by atoms with E-state index in [1.54, 1.807) is 91.2 Å². The third-order valence-corrected chi connectivity index (χ3v) is 7.61. The molecule has 8 nitrogen and oxygen atoms in total. The van der Waals surface area contributed by atoms with Gasteiger partial charge in [0.2, 0.25) is 0 Å². The second-order valence-corrected chi connectivity index (χ2v) is 10.1. The number of ether oxygens (including phenoxy) is 6. The maximum Gasteiger partial charge on any atom is 0.195 e. The number of ketones is 2. The molecule has 2 aromatic heterocycles. The summed E-state index contributed by atoms with van der Waals surface area (Å²) in [6, 6.07) is 14.3. The number of benzene rings is 2. The van der Waals surface area contributed by atoms with Gasteiger partial charge in [-0.05, 0) is 47.2 Å². The van der Waals surface area contributed by atoms with Crippen molar-refractivity contribution in [2.75, 3.05) is 42.7 Å². The summed E-state index contributed by atoms with van der Waals surface area (Å²) >= 11 is 2.82. The summed E-state index contributed by atoms with van der Waals surface area (Å²) in [6.45, 7) is 0. The van der Waals surface area contributed by atoms with Crippen LogP contribution in [-0.2, 0) is 0 Å². The Morgan fingerprint density at radius 3 is 1.12 bits per heavy atom. The molecule has 10 heteroatoms. The van der Waals surface area contributed by atoms with Crippen LogP contribution >= 0.6 is 22.7 Å². The van der Waals surface area contributed by atoms with E-state index in [1.807, 2.05) is 22.9 Å². The van der Waals surface area contributed by atoms with Crippen LogP contribution in [0.2, 0.25) is 0 Å². The van der Waals surface area contributed by atoms with Crippen LogP contribution in [0.5, 0.6) is 34.5 Å². The van der Waals surface area contributed by atoms with Gasteiger partial charge in [-0.3, -0.25) is 9.59 Å². The average molecular weight is 609 g/mol. The summed E-state index contributed by atoms with van der Waals surface area (Å²) in [5.74, 6) is 3.50. The van der Waals surface area contributed by atoms with Gasteiger partial charge in [0, 0.05) is 24.3 Å². The van der Waals surface area contributed by atoms with Crippen molar-refractivity contribution in [3.63, 3.8) is 0 Å². The smallest absolute Gasteiger partial charge is 0.195 e. The number of hydrogen-bond acceptors (Lipinski definition) is 10. The highest BCUT2D eigenvalue weighted by atomic mass is 32.1. The van der Waals surface area contributed by atoms with Crippen molar-refractivity contribution in [3.05, 3.63) is 92.3 Å². The molecule has 0 aliphatic carbocycles. The Bertz CT molecular complexity index is 1350. The van der Waals surface area contributed by atoms with Crippen molar-refractivity contribution in [1.29, 1.82) is 0 Å². The molecular weight excluding hydrogens is 576 g/mol. The second kappa shape index (κ2) is 16.0. The number of carbonyl (C=O) groups is 2. The van der Waals surface area contributed by atoms with Gasteiger partial charge < -0.3 is 28.4 Å². The van der Waals surface area contributed by atoms with E-state index in [9.17, 15) is 9.59 Å². The van der Waals surface area contributed by atoms with Crippen molar-refractivity contribution in [1.82, 2.24) is 0 Å². The van der Waals surface area contributed by atoms with Gasteiger partial charge in [-0.15, -0.1) is 22.7 Å². The summed E-state index contributed by atoms with van der Waals surface area (Å²) in [5.41, 5.74) is 1.40. The van der Waals surface area contributed by atoms with Crippen molar-refractivity contribution < 1.29 is 38.0 Å². The predicted octanol–water partition coefficient (Wildman–Crippen LogP) is 7.34. The zero-order valence-electron chi connectivity index (χ0n) is 24.2. The van der Waals surface area contributed by atoms with Gasteiger partial charge in [0.25, 0.3) is 0 Å². The summed E-state index contributed by atoms with van der Waals surface area (Å²) in [5, 5.41) is 3.74. The fraction of sp³-hybridized carbons (Fsp3) is 0.188. The molecule has 0 bridgehead atoms. The van der Waals surface area contributed by atoms with Crippen LogP contribution < -0.4 is 28.4 Å². The van der Waals surface area contributed by atoms with Gasteiger partial charge in [-0.2, -0.15) is 0 Å². The lowest BCUT2D eigenvalue weighted by Gasteiger charge is -2.12. The molecular formula is C32H32O8S2. The van der Waals surface area contributed by atoms with Gasteiger partial charge in [-0.25, -0.2) is 0 Å². The standard InChI is InChI=1S/2C16H16O4S/c2*1-18-11-9-14(19-2)12(15(10-11)20-3)6-7-13(17)16-5-4-8-21-16/h2*4-10H,1-3H3/b2*7-6+. The largest absolute Gasteiger partial charge is 0.496 e. The van der Waals surface area contributed by atoms with Gasteiger partial charge in [0.05, 0.1) is 63.5 Å². The number of carbonyl (C=O) groups excluding carboxylic acids is 2. The Morgan fingerprint density at radius 2 is 0.881 bits per heavy atom. The summed E-state index contributed by atoms with van der Waals surface area (Å²) in [7, 11) is 9.40. The van der Waals surface area contributed by atoms with Crippen LogP contribution in [0.3, 0.4) is 0 Å². The van der Waals surface area contributed by atoms with Gasteiger partial charge in [0.1, 0.15) is 34.5 Å². The Balaban J connectivity index is 0.000000230. The Hall–Kier alpha value is -4.54. The van der Waals surface area contributed by atoms with E-state index >= 15 is 0 Å². The Morgan fingerprint density at radius 1 is 0.548 bits per heavy atom. The molecule has 0 fully saturated rings. The molecule has 0 unspecified atom stereocenters. The molecule has 0 saturated carbocycles. The normalized spacial score (nSPS) is 10.6. The molecule has 42 heavy (non-hydrogen) atoms. The molecule has 0 atom stereocenters. The highest BCUT2D eigenvalue weighted by Crippen LogP contribution is 2.36. The summed E-state index contributed by atoms with van der Waals surface area (Å²) < 4.78 is 31.7. The summed E-state index contributed by atoms with van der Waals surface area (Å²) in [6.07, 6.45) is 6.41. The minimum atomic E-state index is -0.0510. The first-order chi connectivity index (χ1) is 20.4. The minimum absolute atomic E-state index is 0.0510. The maximum atomic E-state index is 12.0. The summed E-state index contributed by atoms with van der Waals surface area (Å²) in [4.78, 5) is 25.4. The third kappa shape index (κ3) is 8.25. The molecule has 0 saturated heterocycles. The first kappa shape index (κ1) is 32.0. The Kier molecular flexibility index (Phi) is 12.2. The van der Waals surface area contributed by atoms with E-state index in [-0.39, 0.29) is 11.6 Å². The molecule has 0 N–H and O–H groups in total. The minimum Gasteiger partial charge on any atom is -0.496 e. The van der Waals surface area contributed by atoms with E-state index in [2.05, 4.69) is 0 Å². The SMILES string of the molecule is COc1cc(OC)c(/C=C/C(=O)c2cccs2)c(OC)c1.COc1cc(OC)c(/C=C/C(=O)c2cccs2)c(OC)c1. The molecule has 0 aliphatic rings. The number of allylic oxidation sites excluding steroid dienone is 2. The van der Waals surface area contributed by atoms with Crippen molar-refractivity contribution >= 4 is 46.4 Å². The van der Waals surface area contributed by atoms with Crippen LogP contribution in [0.15, 0.2) is 71.4 Å². The van der Waals surface area contributed by atoms with Crippen LogP contribution in [-0.4, -0.2) is 54.2 Å². The van der Waals surface area contributed by atoms with Gasteiger partial charge in [-0.1, -0.05) is 12.1 Å². The van der Waals surface area contributed by atoms with Crippen molar-refractivity contribution in [3.8, 4) is 34.5 Å². The van der Waals surface area contributed by atoms with Gasteiger partial charge >= 0.3 is 0 Å². The first-order valence-electron chi connectivity index (χ1n) is 12.5. The highest BCUT2D eigenvalue weighted by molar-refractivity contribution is 7.12. The molecule has 0 aliphatic heterocycles. The van der Waals surface area contributed by atoms with E-state index in [4.69, 9.17) is 28.4 Å². The zero-order valence-corrected chi connectivity index (χ0v) is 25.8. The lowest BCUT2D eigenvalue weighted by atomic mass is 10.1. The molecule has 4 aromatic rings. The molecule has 0 amide bonds. The number of rotatable bonds is 12. The van der Waals surface area contributed by atoms with E-state index in [0.717, 1.165) is 0 Å². The third-order valence-electron chi connectivity index (χ3n) is 5.84. The average Bonchev–Trinajstić information content (AvgIpc) is 3.77. The van der Waals surface area contributed by atoms with Crippen LogP contribution in [0, 0.1) is 0 Å². The lowest BCUT2D eigenvalue weighted by molar-refractivity contribution is 0.104. The molecule has 0 spiro atoms. The Labute approximate surface area is 253 Å². The second-order valence-electron chi connectivity index (χ2n) is 8.24. The quantitative estimate of drug-likeness (QED) is 0.122. The predicted molar refractivity (Wildman–Crippen MR) is 168 cm³/mol. The maximum absolute atomic E-state index is 12.0. The molecule has 0 radical (unpaired) electrons. The molecule has 2 heterocycles. The van der Waals surface area contributed by atoms with Crippen LogP contribution in [0.1, 0.15) is 30.5 Å².